The maximum Gasteiger partial charge on any atom is 0.416 e. The summed E-state index contributed by atoms with van der Waals surface area (Å²) in [5.74, 6) is 0.211. The molecule has 0 N–H and O–H groups in total. The van der Waals surface area contributed by atoms with E-state index in [1.165, 1.54) is 12.4 Å². The van der Waals surface area contributed by atoms with Crippen LogP contribution in [-0.2, 0) is 6.18 Å². The summed E-state index contributed by atoms with van der Waals surface area (Å²) in [5.41, 5.74) is -0.470. The fourth-order valence-electron chi connectivity index (χ4n) is 3.62. The van der Waals surface area contributed by atoms with Crippen LogP contribution in [0, 0.1) is 10.1 Å². The molecule has 1 amide bonds. The summed E-state index contributed by atoms with van der Waals surface area (Å²) in [7, 11) is 0. The summed E-state index contributed by atoms with van der Waals surface area (Å²) in [4.78, 5) is 35.0. The van der Waals surface area contributed by atoms with Gasteiger partial charge in [0.2, 0.25) is 0 Å². The molecule has 8 nitrogen and oxygen atoms in total. The number of hydrogen-bond acceptors (Lipinski definition) is 6. The summed E-state index contributed by atoms with van der Waals surface area (Å²) in [6.45, 7) is 0.969. The van der Waals surface area contributed by atoms with Crippen LogP contribution in [0.25, 0.3) is 11.4 Å². The van der Waals surface area contributed by atoms with Crippen molar-refractivity contribution in [2.45, 2.75) is 6.18 Å². The summed E-state index contributed by atoms with van der Waals surface area (Å²) < 4.78 is 38.8. The highest BCUT2D eigenvalue weighted by Crippen LogP contribution is 2.36. The van der Waals surface area contributed by atoms with E-state index in [1.54, 1.807) is 9.80 Å². The van der Waals surface area contributed by atoms with Crippen molar-refractivity contribution in [3.8, 4) is 11.4 Å². The van der Waals surface area contributed by atoms with E-state index in [0.717, 1.165) is 17.7 Å². The van der Waals surface area contributed by atoms with Crippen molar-refractivity contribution >= 4 is 17.3 Å². The highest BCUT2D eigenvalue weighted by molar-refractivity contribution is 5.94. The number of aromatic nitrogens is 2. The second-order valence-electron chi connectivity index (χ2n) is 7.40. The zero-order valence-corrected chi connectivity index (χ0v) is 17.2. The second kappa shape index (κ2) is 8.85. The second-order valence-corrected chi connectivity index (χ2v) is 7.40. The third-order valence-electron chi connectivity index (χ3n) is 5.34. The molecule has 1 fully saturated rings. The van der Waals surface area contributed by atoms with E-state index in [-0.39, 0.29) is 37.8 Å². The Morgan fingerprint density at radius 1 is 0.970 bits per heavy atom. The lowest BCUT2D eigenvalue weighted by Gasteiger charge is -2.35. The molecule has 0 saturated carbocycles. The maximum absolute atomic E-state index is 12.9. The van der Waals surface area contributed by atoms with E-state index in [4.69, 9.17) is 0 Å². The molecular formula is C22H18F3N5O3. The molecule has 1 aromatic heterocycles. The lowest BCUT2D eigenvalue weighted by Crippen LogP contribution is -2.49. The number of carbonyl (C=O) groups is 1. The standard InChI is InChI=1S/C22H18F3N5O3/c23-22(24,25)17-6-7-18(19(12-17)30(32)33)28-8-10-29(11-9-28)21(31)16-13-26-20(27-14-16)15-4-2-1-3-5-15/h1-7,12-14H,8-11H2. The number of amides is 1. The van der Waals surface area contributed by atoms with E-state index < -0.39 is 22.4 Å². The molecule has 1 saturated heterocycles. The van der Waals surface area contributed by atoms with Gasteiger partial charge in [0.25, 0.3) is 11.6 Å². The number of alkyl halides is 3. The van der Waals surface area contributed by atoms with Crippen LogP contribution in [0.5, 0.6) is 0 Å². The summed E-state index contributed by atoms with van der Waals surface area (Å²) in [5, 5.41) is 11.4. The minimum atomic E-state index is -4.67. The Bertz CT molecular complexity index is 1160. The van der Waals surface area contributed by atoms with Gasteiger partial charge < -0.3 is 9.80 Å². The summed E-state index contributed by atoms with van der Waals surface area (Å²) >= 11 is 0. The molecule has 0 aliphatic carbocycles. The number of rotatable bonds is 4. The van der Waals surface area contributed by atoms with E-state index in [1.807, 2.05) is 30.3 Å². The number of hydrogen-bond donors (Lipinski definition) is 0. The van der Waals surface area contributed by atoms with Crippen LogP contribution in [0.2, 0.25) is 0 Å². The lowest BCUT2D eigenvalue weighted by molar-refractivity contribution is -0.384. The van der Waals surface area contributed by atoms with E-state index >= 15 is 0 Å². The van der Waals surface area contributed by atoms with Gasteiger partial charge in [-0.05, 0) is 12.1 Å². The quantitative estimate of drug-likeness (QED) is 0.434. The molecule has 1 aliphatic rings. The predicted molar refractivity (Wildman–Crippen MR) is 114 cm³/mol. The zero-order valence-electron chi connectivity index (χ0n) is 17.2. The lowest BCUT2D eigenvalue weighted by atomic mass is 10.1. The van der Waals surface area contributed by atoms with Crippen molar-refractivity contribution < 1.29 is 22.9 Å². The normalized spacial score (nSPS) is 14.3. The summed E-state index contributed by atoms with van der Waals surface area (Å²) in [6, 6.07) is 11.8. The molecule has 0 spiro atoms. The first kappa shape index (κ1) is 22.2. The average molecular weight is 457 g/mol. The minimum absolute atomic E-state index is 0.0932. The van der Waals surface area contributed by atoms with Crippen molar-refractivity contribution in [1.82, 2.24) is 14.9 Å². The fourth-order valence-corrected chi connectivity index (χ4v) is 3.62. The zero-order chi connectivity index (χ0) is 23.6. The highest BCUT2D eigenvalue weighted by atomic mass is 19.4. The highest BCUT2D eigenvalue weighted by Gasteiger charge is 2.34. The molecule has 0 unspecified atom stereocenters. The number of nitro benzene ring substituents is 1. The molecule has 2 heterocycles. The van der Waals surface area contributed by atoms with Gasteiger partial charge in [-0.15, -0.1) is 0 Å². The van der Waals surface area contributed by atoms with E-state index in [2.05, 4.69) is 9.97 Å². The first-order chi connectivity index (χ1) is 15.7. The SMILES string of the molecule is O=C(c1cnc(-c2ccccc2)nc1)N1CCN(c2ccc(C(F)(F)F)cc2[N+](=O)[O-])CC1. The van der Waals surface area contributed by atoms with Crippen LogP contribution in [0.4, 0.5) is 24.5 Å². The minimum Gasteiger partial charge on any atom is -0.362 e. The van der Waals surface area contributed by atoms with Crippen LogP contribution >= 0.6 is 0 Å². The first-order valence-electron chi connectivity index (χ1n) is 10.0. The average Bonchev–Trinajstić information content (AvgIpc) is 2.83. The Balaban J connectivity index is 1.45. The van der Waals surface area contributed by atoms with Crippen molar-refractivity contribution in [2.24, 2.45) is 0 Å². The largest absolute Gasteiger partial charge is 0.416 e. The van der Waals surface area contributed by atoms with Crippen molar-refractivity contribution in [3.05, 3.63) is 82.2 Å². The van der Waals surface area contributed by atoms with Gasteiger partial charge in [0.05, 0.1) is 16.1 Å². The molecule has 4 rings (SSSR count). The monoisotopic (exact) mass is 457 g/mol. The molecular weight excluding hydrogens is 439 g/mol. The Morgan fingerprint density at radius 2 is 1.61 bits per heavy atom. The third kappa shape index (κ3) is 4.76. The number of carbonyl (C=O) groups excluding carboxylic acids is 1. The van der Waals surface area contributed by atoms with Crippen LogP contribution in [0.3, 0.4) is 0 Å². The molecule has 11 heteroatoms. The number of nitro groups is 1. The molecule has 33 heavy (non-hydrogen) atoms. The van der Waals surface area contributed by atoms with E-state index in [9.17, 15) is 28.1 Å². The first-order valence-corrected chi connectivity index (χ1v) is 10.0. The molecule has 2 aromatic carbocycles. The van der Waals surface area contributed by atoms with Gasteiger partial charge in [0.1, 0.15) is 5.69 Å². The molecule has 1 aliphatic heterocycles. The predicted octanol–water partition coefficient (Wildman–Crippen LogP) is 4.03. The Kier molecular flexibility index (Phi) is 5.95. The van der Waals surface area contributed by atoms with Gasteiger partial charge in [-0.1, -0.05) is 30.3 Å². The maximum atomic E-state index is 12.9. The molecule has 0 radical (unpaired) electrons. The van der Waals surface area contributed by atoms with Crippen molar-refractivity contribution in [1.29, 1.82) is 0 Å². The summed E-state index contributed by atoms with van der Waals surface area (Å²) in [6.07, 6.45) is -1.78. The number of nitrogens with zero attached hydrogens (tertiary/aromatic N) is 5. The molecule has 170 valence electrons. The van der Waals surface area contributed by atoms with Crippen molar-refractivity contribution in [2.75, 3.05) is 31.1 Å². The molecule has 0 bridgehead atoms. The number of benzene rings is 2. The van der Waals surface area contributed by atoms with Gasteiger partial charge >= 0.3 is 6.18 Å². The number of halogens is 3. The number of anilines is 1. The Hall–Kier alpha value is -4.02. The smallest absolute Gasteiger partial charge is 0.362 e. The fraction of sp³-hybridized carbons (Fsp3) is 0.227. The van der Waals surface area contributed by atoms with E-state index in [0.29, 0.717) is 17.5 Å². The Labute approximate surface area is 186 Å². The van der Waals surface area contributed by atoms with Gasteiger partial charge in [0, 0.05) is 50.2 Å². The topological polar surface area (TPSA) is 92.5 Å². The van der Waals surface area contributed by atoms with Crippen LogP contribution in [-0.4, -0.2) is 51.9 Å². The van der Waals surface area contributed by atoms with Gasteiger partial charge in [0.15, 0.2) is 5.82 Å². The van der Waals surface area contributed by atoms with Gasteiger partial charge in [-0.25, -0.2) is 9.97 Å². The third-order valence-corrected chi connectivity index (χ3v) is 5.34. The van der Waals surface area contributed by atoms with Gasteiger partial charge in [-0.3, -0.25) is 14.9 Å². The van der Waals surface area contributed by atoms with Crippen LogP contribution in [0.15, 0.2) is 60.9 Å². The molecule has 3 aromatic rings. The van der Waals surface area contributed by atoms with Crippen molar-refractivity contribution in [3.63, 3.8) is 0 Å². The van der Waals surface area contributed by atoms with Gasteiger partial charge in [-0.2, -0.15) is 13.2 Å². The van der Waals surface area contributed by atoms with Crippen LogP contribution < -0.4 is 4.90 Å². The number of piperazine rings is 1. The molecule has 0 atom stereocenters. The Morgan fingerprint density at radius 3 is 2.18 bits per heavy atom. The van der Waals surface area contributed by atoms with Crippen LogP contribution in [0.1, 0.15) is 15.9 Å².